The molecule has 1 aromatic rings. The molecule has 0 aliphatic heterocycles. The van der Waals surface area contributed by atoms with Gasteiger partial charge in [-0.15, -0.1) is 0 Å². The maximum absolute atomic E-state index is 12.3. The Labute approximate surface area is 127 Å². The van der Waals surface area contributed by atoms with Crippen LogP contribution >= 0.6 is 0 Å². The van der Waals surface area contributed by atoms with Crippen LogP contribution in [-0.2, 0) is 9.84 Å². The lowest BCUT2D eigenvalue weighted by molar-refractivity contribution is 0.471. The highest BCUT2D eigenvalue weighted by Crippen LogP contribution is 2.17. The molecule has 21 heavy (non-hydrogen) atoms. The minimum atomic E-state index is -3.32. The summed E-state index contributed by atoms with van der Waals surface area (Å²) in [7, 11) is -3.32. The predicted molar refractivity (Wildman–Crippen MR) is 82.7 cm³/mol. The van der Waals surface area contributed by atoms with E-state index in [-0.39, 0.29) is 10.6 Å². The average Bonchev–Trinajstić information content (AvgIpc) is 2.76. The predicted octanol–water partition coefficient (Wildman–Crippen LogP) is 2.64. The van der Waals surface area contributed by atoms with Crippen LogP contribution in [0.4, 0.5) is 0 Å². The maximum Gasteiger partial charge on any atom is 0.179 e. The summed E-state index contributed by atoms with van der Waals surface area (Å²) >= 11 is 0. The summed E-state index contributed by atoms with van der Waals surface area (Å²) in [5.74, 6) is 0.0817. The summed E-state index contributed by atoms with van der Waals surface area (Å²) in [5, 5.41) is 12.2. The molecule has 1 aliphatic carbocycles. The summed E-state index contributed by atoms with van der Waals surface area (Å²) in [4.78, 5) is 0.240. The number of nitrogens with one attached hydrogen (secondary N) is 1. The van der Waals surface area contributed by atoms with Crippen molar-refractivity contribution >= 4 is 9.84 Å². The van der Waals surface area contributed by atoms with Gasteiger partial charge in [0.2, 0.25) is 0 Å². The van der Waals surface area contributed by atoms with E-state index < -0.39 is 9.84 Å². The lowest BCUT2D eigenvalue weighted by atomic mass is 10.1. The fourth-order valence-corrected chi connectivity index (χ4v) is 3.97. The Morgan fingerprint density at radius 3 is 2.57 bits per heavy atom. The van der Waals surface area contributed by atoms with E-state index >= 15 is 0 Å². The van der Waals surface area contributed by atoms with Crippen LogP contribution in [0, 0.1) is 11.3 Å². The minimum Gasteiger partial charge on any atom is -0.313 e. The first-order valence-electron chi connectivity index (χ1n) is 7.58. The molecule has 2 rings (SSSR count). The van der Waals surface area contributed by atoms with E-state index in [2.05, 4.69) is 5.32 Å². The van der Waals surface area contributed by atoms with Crippen LogP contribution in [0.25, 0.3) is 0 Å². The molecule has 0 heterocycles. The number of nitriles is 1. The van der Waals surface area contributed by atoms with Gasteiger partial charge < -0.3 is 5.32 Å². The first-order chi connectivity index (χ1) is 10.1. The van der Waals surface area contributed by atoms with Gasteiger partial charge in [-0.1, -0.05) is 31.7 Å². The van der Waals surface area contributed by atoms with E-state index in [4.69, 9.17) is 5.26 Å². The van der Waals surface area contributed by atoms with Crippen molar-refractivity contribution < 1.29 is 8.42 Å². The van der Waals surface area contributed by atoms with Crippen LogP contribution in [0.2, 0.25) is 0 Å². The van der Waals surface area contributed by atoms with Crippen molar-refractivity contribution in [2.45, 2.75) is 49.5 Å². The largest absolute Gasteiger partial charge is 0.313 e. The van der Waals surface area contributed by atoms with Gasteiger partial charge in [0, 0.05) is 12.6 Å². The Hall–Kier alpha value is -1.38. The molecule has 1 aromatic carbocycles. The Morgan fingerprint density at radius 1 is 1.19 bits per heavy atom. The smallest absolute Gasteiger partial charge is 0.179 e. The Morgan fingerprint density at radius 2 is 1.90 bits per heavy atom. The van der Waals surface area contributed by atoms with Gasteiger partial charge in [-0.25, -0.2) is 8.42 Å². The van der Waals surface area contributed by atoms with Crippen LogP contribution < -0.4 is 5.32 Å². The van der Waals surface area contributed by atoms with E-state index in [1.54, 1.807) is 18.2 Å². The van der Waals surface area contributed by atoms with Gasteiger partial charge in [-0.2, -0.15) is 5.26 Å². The zero-order valence-corrected chi connectivity index (χ0v) is 13.0. The van der Waals surface area contributed by atoms with E-state index in [0.29, 0.717) is 18.2 Å². The summed E-state index contributed by atoms with van der Waals surface area (Å²) in [6, 6.07) is 8.66. The van der Waals surface area contributed by atoms with Gasteiger partial charge in [-0.05, 0) is 31.0 Å². The topological polar surface area (TPSA) is 70.0 Å². The Bertz CT molecular complexity index is 597. The quantitative estimate of drug-likeness (QED) is 0.849. The first kappa shape index (κ1) is 16.0. The molecule has 0 amide bonds. The summed E-state index contributed by atoms with van der Waals surface area (Å²) < 4.78 is 24.5. The van der Waals surface area contributed by atoms with E-state index in [1.807, 2.05) is 6.07 Å². The number of hydrogen-bond acceptors (Lipinski definition) is 4. The highest BCUT2D eigenvalue weighted by Gasteiger charge is 2.16. The molecule has 0 bridgehead atoms. The molecule has 1 saturated carbocycles. The van der Waals surface area contributed by atoms with Crippen LogP contribution in [0.5, 0.6) is 0 Å². The molecule has 5 heteroatoms. The summed E-state index contributed by atoms with van der Waals surface area (Å²) in [6.45, 7) is 0.476. The molecule has 114 valence electrons. The molecule has 0 unspecified atom stereocenters. The normalized spacial score (nSPS) is 17.1. The lowest BCUT2D eigenvalue weighted by Gasteiger charge is -2.16. The molecule has 0 atom stereocenters. The van der Waals surface area contributed by atoms with Gasteiger partial charge in [-0.3, -0.25) is 0 Å². The van der Waals surface area contributed by atoms with Crippen molar-refractivity contribution in [1.29, 1.82) is 5.26 Å². The molecule has 1 N–H and O–H groups in total. The van der Waals surface area contributed by atoms with Crippen LogP contribution in [0.15, 0.2) is 29.2 Å². The van der Waals surface area contributed by atoms with Gasteiger partial charge >= 0.3 is 0 Å². The van der Waals surface area contributed by atoms with E-state index in [0.717, 1.165) is 12.8 Å². The zero-order chi connectivity index (χ0) is 15.1. The summed E-state index contributed by atoms with van der Waals surface area (Å²) in [5.41, 5.74) is 0.382. The second kappa shape index (κ2) is 7.58. The van der Waals surface area contributed by atoms with Gasteiger partial charge in [0.25, 0.3) is 0 Å². The summed E-state index contributed by atoms with van der Waals surface area (Å²) in [6.07, 6.45) is 7.33. The van der Waals surface area contributed by atoms with Crippen molar-refractivity contribution in [3.63, 3.8) is 0 Å². The van der Waals surface area contributed by atoms with Crippen molar-refractivity contribution in [2.24, 2.45) is 0 Å². The van der Waals surface area contributed by atoms with Gasteiger partial charge in [0.05, 0.1) is 22.3 Å². The van der Waals surface area contributed by atoms with Crippen molar-refractivity contribution in [3.8, 4) is 6.07 Å². The maximum atomic E-state index is 12.3. The molecule has 4 nitrogen and oxygen atoms in total. The molecule has 0 saturated heterocycles. The second-order valence-electron chi connectivity index (χ2n) is 5.60. The lowest BCUT2D eigenvalue weighted by Crippen LogP contribution is -2.32. The number of rotatable bonds is 5. The molecular weight excluding hydrogens is 284 g/mol. The van der Waals surface area contributed by atoms with Gasteiger partial charge in [0.15, 0.2) is 9.84 Å². The average molecular weight is 306 g/mol. The monoisotopic (exact) mass is 306 g/mol. The standard InChI is InChI=1S/C16H22N2O2S/c17-13-14-6-5-9-16(12-14)21(19,20)11-10-18-15-7-3-1-2-4-8-15/h5-6,9,12,15,18H,1-4,7-8,10-11H2. The Balaban J connectivity index is 1.90. The molecule has 0 spiro atoms. The third kappa shape index (κ3) is 4.83. The van der Waals surface area contributed by atoms with Crippen LogP contribution in [0.1, 0.15) is 44.1 Å². The third-order valence-electron chi connectivity index (χ3n) is 3.98. The van der Waals surface area contributed by atoms with Crippen molar-refractivity contribution in [2.75, 3.05) is 12.3 Å². The molecule has 1 fully saturated rings. The van der Waals surface area contributed by atoms with Crippen molar-refractivity contribution in [1.82, 2.24) is 5.32 Å². The molecule has 0 aromatic heterocycles. The minimum absolute atomic E-state index is 0.0817. The molecule has 1 aliphatic rings. The third-order valence-corrected chi connectivity index (χ3v) is 5.69. The Kier molecular flexibility index (Phi) is 5.77. The van der Waals surface area contributed by atoms with Crippen LogP contribution in [-0.4, -0.2) is 26.8 Å². The highest BCUT2D eigenvalue weighted by molar-refractivity contribution is 7.91. The number of nitrogens with zero attached hydrogens (tertiary/aromatic N) is 1. The fourth-order valence-electron chi connectivity index (χ4n) is 2.76. The van der Waals surface area contributed by atoms with E-state index in [9.17, 15) is 8.42 Å². The first-order valence-corrected chi connectivity index (χ1v) is 9.23. The number of sulfone groups is 1. The second-order valence-corrected chi connectivity index (χ2v) is 7.71. The molecule has 0 radical (unpaired) electrons. The fraction of sp³-hybridized carbons (Fsp3) is 0.562. The van der Waals surface area contributed by atoms with Gasteiger partial charge in [0.1, 0.15) is 0 Å². The number of benzene rings is 1. The van der Waals surface area contributed by atoms with E-state index in [1.165, 1.54) is 31.7 Å². The van der Waals surface area contributed by atoms with Crippen molar-refractivity contribution in [3.05, 3.63) is 29.8 Å². The van der Waals surface area contributed by atoms with Crippen LogP contribution in [0.3, 0.4) is 0 Å². The zero-order valence-electron chi connectivity index (χ0n) is 12.2. The number of hydrogen-bond donors (Lipinski definition) is 1. The highest BCUT2D eigenvalue weighted by atomic mass is 32.2. The SMILES string of the molecule is N#Cc1cccc(S(=O)(=O)CCNC2CCCCCC2)c1. The molecular formula is C16H22N2O2S.